The van der Waals surface area contributed by atoms with Gasteiger partial charge in [0.2, 0.25) is 0 Å². The van der Waals surface area contributed by atoms with Crippen LogP contribution in [0.15, 0.2) is 22.7 Å². The highest BCUT2D eigenvalue weighted by Gasteiger charge is 2.20. The fraction of sp³-hybridized carbons (Fsp3) is 0.400. The van der Waals surface area contributed by atoms with Crippen LogP contribution >= 0.6 is 27.5 Å². The number of aryl methyl sites for hydroxylation is 2. The van der Waals surface area contributed by atoms with Gasteiger partial charge in [-0.05, 0) is 31.7 Å². The molecule has 0 saturated heterocycles. The number of hydrogen-bond acceptors (Lipinski definition) is 2. The van der Waals surface area contributed by atoms with Crippen molar-refractivity contribution in [3.05, 3.63) is 50.5 Å². The molecule has 2 rings (SSSR count). The van der Waals surface area contributed by atoms with E-state index in [1.165, 1.54) is 6.07 Å². The van der Waals surface area contributed by atoms with Crippen LogP contribution in [0.25, 0.3) is 0 Å². The first-order valence-electron chi connectivity index (χ1n) is 6.80. The van der Waals surface area contributed by atoms with Crippen LogP contribution in [0.2, 0.25) is 5.02 Å². The molecule has 0 saturated carbocycles. The summed E-state index contributed by atoms with van der Waals surface area (Å²) in [5.41, 5.74) is 2.40. The lowest BCUT2D eigenvalue weighted by molar-refractivity contribution is 0.519. The van der Waals surface area contributed by atoms with E-state index in [0.717, 1.165) is 22.3 Å². The van der Waals surface area contributed by atoms with Crippen LogP contribution in [0.3, 0.4) is 0 Å². The van der Waals surface area contributed by atoms with Gasteiger partial charge in [0.1, 0.15) is 5.82 Å². The molecule has 2 aromatic rings. The van der Waals surface area contributed by atoms with Crippen molar-refractivity contribution in [1.82, 2.24) is 15.1 Å². The van der Waals surface area contributed by atoms with Gasteiger partial charge in [0.05, 0.1) is 16.4 Å². The predicted molar refractivity (Wildman–Crippen MR) is 87.2 cm³/mol. The number of rotatable bonds is 5. The van der Waals surface area contributed by atoms with E-state index in [-0.39, 0.29) is 11.9 Å². The van der Waals surface area contributed by atoms with Gasteiger partial charge in [0, 0.05) is 29.5 Å². The number of nitrogens with zero attached hydrogens (tertiary/aromatic N) is 2. The molecule has 0 aliphatic carbocycles. The molecule has 0 amide bonds. The predicted octanol–water partition coefficient (Wildman–Crippen LogP) is 4.04. The molecule has 6 heteroatoms. The topological polar surface area (TPSA) is 29.9 Å². The summed E-state index contributed by atoms with van der Waals surface area (Å²) in [6.07, 6.45) is 1.36. The summed E-state index contributed by atoms with van der Waals surface area (Å²) in [6, 6.07) is 4.78. The van der Waals surface area contributed by atoms with Crippen LogP contribution in [0.4, 0.5) is 4.39 Å². The second-order valence-corrected chi connectivity index (χ2v) is 6.19. The van der Waals surface area contributed by atoms with Crippen LogP contribution in [0.5, 0.6) is 0 Å². The Bertz CT molecular complexity index is 642. The molecule has 0 aliphatic rings. The third-order valence-electron chi connectivity index (χ3n) is 3.58. The summed E-state index contributed by atoms with van der Waals surface area (Å²) in [6.45, 7) is 2.02. The van der Waals surface area contributed by atoms with Crippen LogP contribution < -0.4 is 5.32 Å². The average molecular weight is 375 g/mol. The SMILES string of the molecule is CCc1nn(C)c(CC(NC)c2cc(Br)ccc2F)c1Cl. The van der Waals surface area contributed by atoms with Gasteiger partial charge in [-0.1, -0.05) is 34.5 Å². The van der Waals surface area contributed by atoms with Crippen molar-refractivity contribution in [2.45, 2.75) is 25.8 Å². The first kappa shape index (κ1) is 16.5. The van der Waals surface area contributed by atoms with Gasteiger partial charge >= 0.3 is 0 Å². The van der Waals surface area contributed by atoms with Gasteiger partial charge in [0.15, 0.2) is 0 Å². The standard InChI is InChI=1S/C15H18BrClFN3/c1-4-12-15(17)14(21(3)20-12)8-13(19-2)10-7-9(16)5-6-11(10)18/h5-7,13,19H,4,8H2,1-3H3. The Morgan fingerprint density at radius 2 is 2.19 bits per heavy atom. The summed E-state index contributed by atoms with van der Waals surface area (Å²) >= 11 is 9.76. The number of likely N-dealkylation sites (N-methyl/N-ethyl adjacent to an activating group) is 1. The van der Waals surface area contributed by atoms with Gasteiger partial charge in [-0.3, -0.25) is 4.68 Å². The third kappa shape index (κ3) is 3.47. The van der Waals surface area contributed by atoms with E-state index in [0.29, 0.717) is 17.0 Å². The van der Waals surface area contributed by atoms with E-state index >= 15 is 0 Å². The smallest absolute Gasteiger partial charge is 0.128 e. The zero-order chi connectivity index (χ0) is 15.6. The Morgan fingerprint density at radius 3 is 2.76 bits per heavy atom. The second kappa shape index (κ2) is 6.90. The molecular weight excluding hydrogens is 357 g/mol. The Kier molecular flexibility index (Phi) is 5.41. The molecule has 3 nitrogen and oxygen atoms in total. The quantitative estimate of drug-likeness (QED) is 0.856. The van der Waals surface area contributed by atoms with Crippen molar-refractivity contribution in [1.29, 1.82) is 0 Å². The zero-order valence-electron chi connectivity index (χ0n) is 12.3. The summed E-state index contributed by atoms with van der Waals surface area (Å²) in [7, 11) is 3.68. The van der Waals surface area contributed by atoms with Crippen LogP contribution in [-0.4, -0.2) is 16.8 Å². The van der Waals surface area contributed by atoms with Crippen molar-refractivity contribution < 1.29 is 4.39 Å². The third-order valence-corrected chi connectivity index (χ3v) is 4.51. The molecule has 0 fully saturated rings. The maximum Gasteiger partial charge on any atom is 0.128 e. The van der Waals surface area contributed by atoms with E-state index in [9.17, 15) is 4.39 Å². The normalized spacial score (nSPS) is 12.7. The van der Waals surface area contributed by atoms with E-state index in [2.05, 4.69) is 26.3 Å². The molecule has 1 unspecified atom stereocenters. The Labute approximate surface area is 137 Å². The van der Waals surface area contributed by atoms with E-state index < -0.39 is 0 Å². The number of hydrogen-bond donors (Lipinski definition) is 1. The highest BCUT2D eigenvalue weighted by atomic mass is 79.9. The number of halogens is 3. The Hall–Kier alpha value is -0.910. The fourth-order valence-corrected chi connectivity index (χ4v) is 3.13. The number of nitrogens with one attached hydrogen (secondary N) is 1. The van der Waals surface area contributed by atoms with Gasteiger partial charge < -0.3 is 5.32 Å². The minimum absolute atomic E-state index is 0.167. The van der Waals surface area contributed by atoms with Crippen molar-refractivity contribution in [3.8, 4) is 0 Å². The molecule has 1 aromatic carbocycles. The van der Waals surface area contributed by atoms with Crippen molar-refractivity contribution in [2.24, 2.45) is 7.05 Å². The van der Waals surface area contributed by atoms with Crippen molar-refractivity contribution in [3.63, 3.8) is 0 Å². The Balaban J connectivity index is 2.36. The van der Waals surface area contributed by atoms with Gasteiger partial charge in [0.25, 0.3) is 0 Å². The minimum Gasteiger partial charge on any atom is -0.313 e. The summed E-state index contributed by atoms with van der Waals surface area (Å²) in [4.78, 5) is 0. The van der Waals surface area contributed by atoms with Gasteiger partial charge in [-0.2, -0.15) is 5.10 Å². The first-order valence-corrected chi connectivity index (χ1v) is 7.97. The van der Waals surface area contributed by atoms with Crippen molar-refractivity contribution >= 4 is 27.5 Å². The second-order valence-electron chi connectivity index (χ2n) is 4.90. The maximum atomic E-state index is 14.1. The summed E-state index contributed by atoms with van der Waals surface area (Å²) in [5, 5.41) is 8.24. The lowest BCUT2D eigenvalue weighted by atomic mass is 10.0. The first-order chi connectivity index (χ1) is 9.97. The van der Waals surface area contributed by atoms with E-state index in [1.54, 1.807) is 16.8 Å². The molecule has 0 aliphatic heterocycles. The molecule has 1 aromatic heterocycles. The summed E-state index contributed by atoms with van der Waals surface area (Å²) in [5.74, 6) is -0.230. The van der Waals surface area contributed by atoms with Crippen molar-refractivity contribution in [2.75, 3.05) is 7.05 Å². The molecule has 21 heavy (non-hydrogen) atoms. The molecular formula is C15H18BrClFN3. The molecule has 1 heterocycles. The minimum atomic E-state index is -0.230. The summed E-state index contributed by atoms with van der Waals surface area (Å²) < 4.78 is 16.7. The Morgan fingerprint density at radius 1 is 1.48 bits per heavy atom. The van der Waals surface area contributed by atoms with Crippen LogP contribution in [0, 0.1) is 5.82 Å². The number of benzene rings is 1. The largest absolute Gasteiger partial charge is 0.313 e. The highest BCUT2D eigenvalue weighted by Crippen LogP contribution is 2.28. The van der Waals surface area contributed by atoms with Gasteiger partial charge in [-0.25, -0.2) is 4.39 Å². The monoisotopic (exact) mass is 373 g/mol. The molecule has 0 spiro atoms. The lowest BCUT2D eigenvalue weighted by Gasteiger charge is -2.18. The lowest BCUT2D eigenvalue weighted by Crippen LogP contribution is -2.21. The average Bonchev–Trinajstić information content (AvgIpc) is 2.74. The van der Waals surface area contributed by atoms with Crippen LogP contribution in [-0.2, 0) is 19.9 Å². The maximum absolute atomic E-state index is 14.1. The molecule has 0 radical (unpaired) electrons. The highest BCUT2D eigenvalue weighted by molar-refractivity contribution is 9.10. The molecule has 114 valence electrons. The molecule has 0 bridgehead atoms. The fourth-order valence-electron chi connectivity index (χ4n) is 2.38. The molecule has 1 N–H and O–H groups in total. The van der Waals surface area contributed by atoms with E-state index in [1.807, 2.05) is 21.0 Å². The zero-order valence-corrected chi connectivity index (χ0v) is 14.6. The number of aromatic nitrogens is 2. The molecule has 1 atom stereocenters. The van der Waals surface area contributed by atoms with Crippen LogP contribution in [0.1, 0.15) is 29.9 Å². The van der Waals surface area contributed by atoms with E-state index in [4.69, 9.17) is 11.6 Å². The van der Waals surface area contributed by atoms with Gasteiger partial charge in [-0.15, -0.1) is 0 Å².